The van der Waals surface area contributed by atoms with Crippen molar-refractivity contribution in [3.8, 4) is 0 Å². The zero-order valence-electron chi connectivity index (χ0n) is 18.8. The fourth-order valence-electron chi connectivity index (χ4n) is 3.24. The highest BCUT2D eigenvalue weighted by atomic mass is 79.9. The van der Waals surface area contributed by atoms with Gasteiger partial charge in [-0.15, -0.1) is 0 Å². The van der Waals surface area contributed by atoms with Crippen LogP contribution >= 0.6 is 15.9 Å². The van der Waals surface area contributed by atoms with Crippen molar-refractivity contribution in [2.24, 2.45) is 5.92 Å². The van der Waals surface area contributed by atoms with Crippen LogP contribution in [0.5, 0.6) is 0 Å². The molecule has 2 N–H and O–H groups in total. The second kappa shape index (κ2) is 10.00. The number of alkyl halides is 2. The Balaban J connectivity index is 1.62. The molecule has 1 unspecified atom stereocenters. The van der Waals surface area contributed by atoms with E-state index in [0.29, 0.717) is 4.60 Å². The molecular formula is C22H24BrF2N5O4. The first-order chi connectivity index (χ1) is 15.8. The predicted octanol–water partition coefficient (Wildman–Crippen LogP) is 4.32. The van der Waals surface area contributed by atoms with Gasteiger partial charge >= 0.3 is 6.09 Å². The van der Waals surface area contributed by atoms with E-state index in [2.05, 4.69) is 36.5 Å². The molecule has 0 spiro atoms. The molecule has 2 aromatic rings. The topological polar surface area (TPSA) is 114 Å². The van der Waals surface area contributed by atoms with Gasteiger partial charge in [-0.25, -0.2) is 23.5 Å². The Morgan fingerprint density at radius 3 is 2.53 bits per heavy atom. The number of rotatable bonds is 4. The molecule has 0 aromatic carbocycles. The summed E-state index contributed by atoms with van der Waals surface area (Å²) in [4.78, 5) is 46.1. The smallest absolute Gasteiger partial charge is 0.410 e. The number of likely N-dealkylation sites (tertiary alicyclic amines) is 1. The quantitative estimate of drug-likeness (QED) is 0.559. The molecule has 1 aliphatic rings. The number of ether oxygens (including phenoxy) is 1. The molecule has 0 saturated carbocycles. The van der Waals surface area contributed by atoms with Gasteiger partial charge in [0.1, 0.15) is 21.7 Å². The summed E-state index contributed by atoms with van der Waals surface area (Å²) in [7, 11) is 0. The number of aromatic nitrogens is 2. The van der Waals surface area contributed by atoms with Crippen molar-refractivity contribution in [1.82, 2.24) is 14.9 Å². The van der Waals surface area contributed by atoms with Crippen molar-refractivity contribution in [3.05, 3.63) is 46.8 Å². The first-order valence-electron chi connectivity index (χ1n) is 10.4. The summed E-state index contributed by atoms with van der Waals surface area (Å²) < 4.78 is 34.2. The first-order valence-corrected chi connectivity index (χ1v) is 11.2. The average Bonchev–Trinajstić information content (AvgIpc) is 2.72. The number of halogens is 3. The SMILES string of the molecule is CC(C)(C)OC(=O)N1CC(C(=O)Nc2ccc(NC(=O)c3cccc(Br)n3)nc2)CC(F)(F)C1. The normalized spacial score (nSPS) is 17.6. The van der Waals surface area contributed by atoms with Gasteiger partial charge in [-0.05, 0) is 61.0 Å². The van der Waals surface area contributed by atoms with Gasteiger partial charge in [-0.2, -0.15) is 0 Å². The number of anilines is 2. The van der Waals surface area contributed by atoms with Crippen LogP contribution < -0.4 is 10.6 Å². The van der Waals surface area contributed by atoms with Gasteiger partial charge in [0.2, 0.25) is 5.91 Å². The van der Waals surface area contributed by atoms with Crippen LogP contribution in [0, 0.1) is 5.92 Å². The molecule has 1 atom stereocenters. The van der Waals surface area contributed by atoms with E-state index in [4.69, 9.17) is 4.74 Å². The van der Waals surface area contributed by atoms with Crippen molar-refractivity contribution in [2.45, 2.75) is 38.7 Å². The lowest BCUT2D eigenvalue weighted by molar-refractivity contribution is -0.131. The number of carbonyl (C=O) groups excluding carboxylic acids is 3. The van der Waals surface area contributed by atoms with Crippen molar-refractivity contribution in [2.75, 3.05) is 23.7 Å². The predicted molar refractivity (Wildman–Crippen MR) is 124 cm³/mol. The lowest BCUT2D eigenvalue weighted by Gasteiger charge is -2.37. The summed E-state index contributed by atoms with van der Waals surface area (Å²) in [5, 5.41) is 5.11. The lowest BCUT2D eigenvalue weighted by Crippen LogP contribution is -2.53. The first kappa shape index (κ1) is 25.5. The van der Waals surface area contributed by atoms with Crippen LogP contribution in [0.2, 0.25) is 0 Å². The Bertz CT molecular complexity index is 1080. The molecule has 3 rings (SSSR count). The Morgan fingerprint density at radius 1 is 1.18 bits per heavy atom. The highest BCUT2D eigenvalue weighted by Gasteiger charge is 2.45. The van der Waals surface area contributed by atoms with Gasteiger partial charge < -0.3 is 20.3 Å². The van der Waals surface area contributed by atoms with E-state index in [9.17, 15) is 23.2 Å². The number of nitrogens with one attached hydrogen (secondary N) is 2. The van der Waals surface area contributed by atoms with E-state index in [1.54, 1.807) is 32.9 Å². The second-order valence-electron chi connectivity index (χ2n) is 8.84. The molecule has 0 bridgehead atoms. The van der Waals surface area contributed by atoms with E-state index >= 15 is 0 Å². The number of pyridine rings is 2. The molecule has 3 heterocycles. The summed E-state index contributed by atoms with van der Waals surface area (Å²) in [6.07, 6.45) is -0.306. The third kappa shape index (κ3) is 7.17. The Hall–Kier alpha value is -3.15. The van der Waals surface area contributed by atoms with Gasteiger partial charge in [0, 0.05) is 13.0 Å². The minimum Gasteiger partial charge on any atom is -0.444 e. The van der Waals surface area contributed by atoms with Gasteiger partial charge in [-0.3, -0.25) is 9.59 Å². The van der Waals surface area contributed by atoms with Crippen molar-refractivity contribution >= 4 is 45.3 Å². The Kier molecular flexibility index (Phi) is 7.49. The van der Waals surface area contributed by atoms with E-state index in [1.807, 2.05) is 0 Å². The molecule has 1 fully saturated rings. The molecule has 3 amide bonds. The van der Waals surface area contributed by atoms with Crippen LogP contribution in [0.15, 0.2) is 41.1 Å². The molecule has 34 heavy (non-hydrogen) atoms. The van der Waals surface area contributed by atoms with Crippen LogP contribution in [0.3, 0.4) is 0 Å². The summed E-state index contributed by atoms with van der Waals surface area (Å²) in [5.41, 5.74) is -0.417. The number of carbonyl (C=O) groups is 3. The summed E-state index contributed by atoms with van der Waals surface area (Å²) >= 11 is 3.19. The molecule has 12 heteroatoms. The van der Waals surface area contributed by atoms with Crippen LogP contribution in [0.4, 0.5) is 25.1 Å². The van der Waals surface area contributed by atoms with Crippen LogP contribution in [-0.2, 0) is 9.53 Å². The van der Waals surface area contributed by atoms with Crippen LogP contribution in [0.1, 0.15) is 37.7 Å². The standard InChI is InChI=1S/C22H24BrF2N5O4/c1-21(2,3)34-20(33)30-11-13(9-22(24,25)12-30)18(31)27-14-7-8-17(26-10-14)29-19(32)15-5-4-6-16(23)28-15/h4-8,10,13H,9,11-12H2,1-3H3,(H,27,31)(H,26,29,32). The minimum absolute atomic E-state index is 0.182. The third-order valence-electron chi connectivity index (χ3n) is 4.65. The number of nitrogens with zero attached hydrogens (tertiary/aromatic N) is 3. The third-order valence-corrected chi connectivity index (χ3v) is 5.09. The molecule has 9 nitrogen and oxygen atoms in total. The van der Waals surface area contributed by atoms with E-state index in [-0.39, 0.29) is 23.7 Å². The molecule has 1 saturated heterocycles. The molecule has 1 aliphatic heterocycles. The molecule has 182 valence electrons. The van der Waals surface area contributed by atoms with Crippen molar-refractivity contribution < 1.29 is 27.9 Å². The maximum Gasteiger partial charge on any atom is 0.410 e. The highest BCUT2D eigenvalue weighted by molar-refractivity contribution is 9.10. The lowest BCUT2D eigenvalue weighted by atomic mass is 9.94. The van der Waals surface area contributed by atoms with Crippen molar-refractivity contribution in [1.29, 1.82) is 0 Å². The van der Waals surface area contributed by atoms with Gasteiger partial charge in [0.05, 0.1) is 24.3 Å². The number of piperidine rings is 1. The van der Waals surface area contributed by atoms with E-state index < -0.39 is 48.3 Å². The molecule has 0 radical (unpaired) electrons. The van der Waals surface area contributed by atoms with Gasteiger partial charge in [0.15, 0.2) is 0 Å². The largest absolute Gasteiger partial charge is 0.444 e. The van der Waals surface area contributed by atoms with E-state index in [1.165, 1.54) is 24.4 Å². The van der Waals surface area contributed by atoms with Crippen LogP contribution in [0.25, 0.3) is 0 Å². The number of amides is 3. The maximum absolute atomic E-state index is 14.2. The fourth-order valence-corrected chi connectivity index (χ4v) is 3.59. The summed E-state index contributed by atoms with van der Waals surface area (Å²) in [6.45, 7) is 3.88. The summed E-state index contributed by atoms with van der Waals surface area (Å²) in [6, 6.07) is 7.81. The monoisotopic (exact) mass is 539 g/mol. The Morgan fingerprint density at radius 2 is 1.91 bits per heavy atom. The summed E-state index contributed by atoms with van der Waals surface area (Å²) in [5.74, 6) is -5.31. The minimum atomic E-state index is -3.23. The van der Waals surface area contributed by atoms with E-state index in [0.717, 1.165) is 4.90 Å². The van der Waals surface area contributed by atoms with Gasteiger partial charge in [0.25, 0.3) is 11.8 Å². The number of hydrogen-bond donors (Lipinski definition) is 2. The fraction of sp³-hybridized carbons (Fsp3) is 0.409. The second-order valence-corrected chi connectivity index (χ2v) is 9.65. The zero-order valence-corrected chi connectivity index (χ0v) is 20.4. The molecule has 0 aliphatic carbocycles. The van der Waals surface area contributed by atoms with Crippen LogP contribution in [-0.4, -0.2) is 57.4 Å². The Labute approximate surface area is 203 Å². The maximum atomic E-state index is 14.2. The molecular weight excluding hydrogens is 516 g/mol. The van der Waals surface area contributed by atoms with Gasteiger partial charge in [-0.1, -0.05) is 6.07 Å². The average molecular weight is 540 g/mol. The zero-order chi connectivity index (χ0) is 25.1. The highest BCUT2D eigenvalue weighted by Crippen LogP contribution is 2.32. The molecule has 2 aromatic heterocycles. The van der Waals surface area contributed by atoms with Crippen molar-refractivity contribution in [3.63, 3.8) is 0 Å². The number of hydrogen-bond acceptors (Lipinski definition) is 6.